The molecular formula is C23H22N2O. The SMILES string of the molecule is COc1ccc(-c2ccc3ccc4cccnc4c3n2)cc1C(C)(C)C. The minimum Gasteiger partial charge on any atom is -0.496 e. The Balaban J connectivity index is 1.93. The number of pyridine rings is 2. The number of ether oxygens (including phenoxy) is 1. The van der Waals surface area contributed by atoms with Crippen LogP contribution >= 0.6 is 0 Å². The van der Waals surface area contributed by atoms with Crippen molar-refractivity contribution in [1.82, 2.24) is 9.97 Å². The number of methoxy groups -OCH3 is 1. The lowest BCUT2D eigenvalue weighted by Gasteiger charge is -2.23. The van der Waals surface area contributed by atoms with E-state index >= 15 is 0 Å². The first-order valence-electron chi connectivity index (χ1n) is 8.81. The Labute approximate surface area is 153 Å². The van der Waals surface area contributed by atoms with Gasteiger partial charge in [-0.05, 0) is 35.7 Å². The number of hydrogen-bond donors (Lipinski definition) is 0. The van der Waals surface area contributed by atoms with Crippen molar-refractivity contribution < 1.29 is 4.74 Å². The van der Waals surface area contributed by atoms with Crippen LogP contribution in [0.4, 0.5) is 0 Å². The Morgan fingerprint density at radius 2 is 1.58 bits per heavy atom. The molecule has 0 saturated carbocycles. The summed E-state index contributed by atoms with van der Waals surface area (Å²) in [5, 5.41) is 2.21. The zero-order chi connectivity index (χ0) is 18.3. The molecule has 0 aliphatic heterocycles. The second-order valence-corrected chi connectivity index (χ2v) is 7.57. The Morgan fingerprint density at radius 3 is 2.31 bits per heavy atom. The first kappa shape index (κ1) is 16.5. The van der Waals surface area contributed by atoms with Gasteiger partial charge in [0.1, 0.15) is 5.75 Å². The summed E-state index contributed by atoms with van der Waals surface area (Å²) in [4.78, 5) is 9.49. The fourth-order valence-electron chi connectivity index (χ4n) is 3.34. The molecule has 2 aromatic heterocycles. The molecule has 2 aromatic carbocycles. The molecule has 0 radical (unpaired) electrons. The third-order valence-corrected chi connectivity index (χ3v) is 4.74. The zero-order valence-corrected chi connectivity index (χ0v) is 15.6. The molecule has 0 amide bonds. The van der Waals surface area contributed by atoms with Gasteiger partial charge in [-0.15, -0.1) is 0 Å². The molecule has 0 unspecified atom stereocenters. The van der Waals surface area contributed by atoms with Crippen LogP contribution in [-0.4, -0.2) is 17.1 Å². The van der Waals surface area contributed by atoms with Crippen molar-refractivity contribution in [3.63, 3.8) is 0 Å². The largest absolute Gasteiger partial charge is 0.496 e. The van der Waals surface area contributed by atoms with E-state index < -0.39 is 0 Å². The second kappa shape index (κ2) is 6.10. The minimum absolute atomic E-state index is 0.00749. The van der Waals surface area contributed by atoms with Crippen molar-refractivity contribution in [2.24, 2.45) is 0 Å². The molecule has 0 N–H and O–H groups in total. The maximum atomic E-state index is 5.56. The molecule has 3 heteroatoms. The van der Waals surface area contributed by atoms with Gasteiger partial charge in [0.2, 0.25) is 0 Å². The van der Waals surface area contributed by atoms with E-state index in [0.29, 0.717) is 0 Å². The number of fused-ring (bicyclic) bond motifs is 3. The van der Waals surface area contributed by atoms with Gasteiger partial charge in [0, 0.05) is 28.1 Å². The van der Waals surface area contributed by atoms with Gasteiger partial charge >= 0.3 is 0 Å². The van der Waals surface area contributed by atoms with Crippen LogP contribution in [0, 0.1) is 0 Å². The predicted molar refractivity (Wildman–Crippen MR) is 108 cm³/mol. The van der Waals surface area contributed by atoms with E-state index in [2.05, 4.69) is 68.2 Å². The average molecular weight is 342 g/mol. The topological polar surface area (TPSA) is 35.0 Å². The van der Waals surface area contributed by atoms with E-state index in [4.69, 9.17) is 9.72 Å². The molecule has 0 atom stereocenters. The van der Waals surface area contributed by atoms with Crippen molar-refractivity contribution >= 4 is 21.8 Å². The molecule has 4 aromatic rings. The van der Waals surface area contributed by atoms with Gasteiger partial charge < -0.3 is 4.74 Å². The van der Waals surface area contributed by atoms with E-state index in [1.165, 1.54) is 5.56 Å². The van der Waals surface area contributed by atoms with Crippen molar-refractivity contribution in [1.29, 1.82) is 0 Å². The van der Waals surface area contributed by atoms with E-state index in [-0.39, 0.29) is 5.41 Å². The van der Waals surface area contributed by atoms with Gasteiger partial charge in [-0.25, -0.2) is 4.98 Å². The van der Waals surface area contributed by atoms with Crippen molar-refractivity contribution in [2.75, 3.05) is 7.11 Å². The highest BCUT2D eigenvalue weighted by Gasteiger charge is 2.20. The molecule has 0 aliphatic rings. The minimum atomic E-state index is -0.00749. The van der Waals surface area contributed by atoms with Gasteiger partial charge in [0.25, 0.3) is 0 Å². The monoisotopic (exact) mass is 342 g/mol. The zero-order valence-electron chi connectivity index (χ0n) is 15.6. The van der Waals surface area contributed by atoms with Crippen LogP contribution in [0.15, 0.2) is 60.8 Å². The lowest BCUT2D eigenvalue weighted by molar-refractivity contribution is 0.397. The summed E-state index contributed by atoms with van der Waals surface area (Å²) in [5.41, 5.74) is 5.09. The maximum absolute atomic E-state index is 5.56. The molecular weight excluding hydrogens is 320 g/mol. The first-order chi connectivity index (χ1) is 12.5. The van der Waals surface area contributed by atoms with Gasteiger partial charge in [-0.1, -0.05) is 45.0 Å². The summed E-state index contributed by atoms with van der Waals surface area (Å²) in [5.74, 6) is 0.911. The molecule has 0 spiro atoms. The molecule has 0 bridgehead atoms. The molecule has 3 nitrogen and oxygen atoms in total. The number of aromatic nitrogens is 2. The van der Waals surface area contributed by atoms with Crippen LogP contribution in [0.3, 0.4) is 0 Å². The van der Waals surface area contributed by atoms with Gasteiger partial charge in [0.15, 0.2) is 0 Å². The maximum Gasteiger partial charge on any atom is 0.122 e. The van der Waals surface area contributed by atoms with Crippen LogP contribution < -0.4 is 4.74 Å². The summed E-state index contributed by atoms with van der Waals surface area (Å²) in [6, 6.07) is 18.7. The fourth-order valence-corrected chi connectivity index (χ4v) is 3.34. The number of hydrogen-bond acceptors (Lipinski definition) is 3. The average Bonchev–Trinajstić information content (AvgIpc) is 2.66. The lowest BCUT2D eigenvalue weighted by Crippen LogP contribution is -2.13. The summed E-state index contributed by atoms with van der Waals surface area (Å²) in [6.07, 6.45) is 1.82. The van der Waals surface area contributed by atoms with Crippen molar-refractivity contribution in [3.8, 4) is 17.0 Å². The van der Waals surface area contributed by atoms with Crippen molar-refractivity contribution in [3.05, 3.63) is 66.4 Å². The van der Waals surface area contributed by atoms with Gasteiger partial charge in [-0.3, -0.25) is 4.98 Å². The molecule has 2 heterocycles. The van der Waals surface area contributed by atoms with Crippen LogP contribution in [0.1, 0.15) is 26.3 Å². The van der Waals surface area contributed by atoms with Crippen molar-refractivity contribution in [2.45, 2.75) is 26.2 Å². The summed E-state index contributed by atoms with van der Waals surface area (Å²) in [6.45, 7) is 6.58. The lowest BCUT2D eigenvalue weighted by atomic mass is 9.85. The van der Waals surface area contributed by atoms with Crippen LogP contribution in [0.2, 0.25) is 0 Å². The number of nitrogens with zero attached hydrogens (tertiary/aromatic N) is 2. The Kier molecular flexibility index (Phi) is 3.87. The van der Waals surface area contributed by atoms with Gasteiger partial charge in [-0.2, -0.15) is 0 Å². The smallest absolute Gasteiger partial charge is 0.122 e. The third-order valence-electron chi connectivity index (χ3n) is 4.74. The summed E-state index contributed by atoms with van der Waals surface area (Å²) in [7, 11) is 1.72. The molecule has 26 heavy (non-hydrogen) atoms. The number of benzene rings is 2. The first-order valence-corrected chi connectivity index (χ1v) is 8.81. The third kappa shape index (κ3) is 2.80. The molecule has 0 aliphatic carbocycles. The highest BCUT2D eigenvalue weighted by Crippen LogP contribution is 2.35. The normalized spacial score (nSPS) is 11.8. The molecule has 0 fully saturated rings. The summed E-state index contributed by atoms with van der Waals surface area (Å²) >= 11 is 0. The second-order valence-electron chi connectivity index (χ2n) is 7.57. The van der Waals surface area contributed by atoms with Crippen LogP contribution in [-0.2, 0) is 5.41 Å². The summed E-state index contributed by atoms with van der Waals surface area (Å²) < 4.78 is 5.56. The van der Waals surface area contributed by atoms with E-state index in [1.807, 2.05) is 18.3 Å². The fraction of sp³-hybridized carbons (Fsp3) is 0.217. The van der Waals surface area contributed by atoms with E-state index in [0.717, 1.165) is 38.8 Å². The highest BCUT2D eigenvalue weighted by atomic mass is 16.5. The highest BCUT2D eigenvalue weighted by molar-refractivity contribution is 6.03. The standard InChI is InChI=1S/C23H22N2O/c1-23(2,3)18-14-17(10-12-20(18)26-4)19-11-9-16-8-7-15-6-5-13-24-21(15)22(16)25-19/h5-14H,1-4H3. The quantitative estimate of drug-likeness (QED) is 0.435. The molecule has 0 saturated heterocycles. The Bertz CT molecular complexity index is 1110. The Hall–Kier alpha value is -2.94. The molecule has 4 rings (SSSR count). The van der Waals surface area contributed by atoms with E-state index in [1.54, 1.807) is 7.11 Å². The molecule has 130 valence electrons. The Morgan fingerprint density at radius 1 is 0.846 bits per heavy atom. The number of rotatable bonds is 2. The van der Waals surface area contributed by atoms with Gasteiger partial charge in [0.05, 0.1) is 23.8 Å². The van der Waals surface area contributed by atoms with E-state index in [9.17, 15) is 0 Å². The predicted octanol–water partition coefficient (Wildman–Crippen LogP) is 5.76. The van der Waals surface area contributed by atoms with Crippen LogP contribution in [0.5, 0.6) is 5.75 Å². The van der Waals surface area contributed by atoms with Crippen LogP contribution in [0.25, 0.3) is 33.1 Å².